The van der Waals surface area contributed by atoms with Crippen LogP contribution in [0, 0.1) is 0 Å². The zero-order chi connectivity index (χ0) is 28.5. The standard InChI is InChI=1S/C27H43N4O7P/c1-5-17-36-39(35,29-21(4)25(33)38-23(6-2)7-3)37-19-24(32)30-15-16-31(18-22-11-9-8-10-12-22)27(20-30)13-14-28-26(27)34/h8-12,21,23H,5-7,13-20H2,1-4H3,(H,28,34)(H,29,35). The molecule has 1 aromatic rings. The molecule has 39 heavy (non-hydrogen) atoms. The van der Waals surface area contributed by atoms with Gasteiger partial charge in [0.15, 0.2) is 0 Å². The van der Waals surface area contributed by atoms with Crippen molar-refractivity contribution >= 4 is 25.5 Å². The molecule has 2 heterocycles. The molecule has 3 atom stereocenters. The molecule has 1 aromatic carbocycles. The summed E-state index contributed by atoms with van der Waals surface area (Å²) in [4.78, 5) is 42.5. The van der Waals surface area contributed by atoms with E-state index in [2.05, 4.69) is 15.3 Å². The number of piperazine rings is 1. The Kier molecular flexibility index (Phi) is 11.5. The van der Waals surface area contributed by atoms with Crippen molar-refractivity contribution in [1.82, 2.24) is 20.2 Å². The van der Waals surface area contributed by atoms with E-state index in [0.717, 1.165) is 5.56 Å². The van der Waals surface area contributed by atoms with Crippen LogP contribution in [0.3, 0.4) is 0 Å². The number of ether oxygens (including phenoxy) is 1. The van der Waals surface area contributed by atoms with Gasteiger partial charge in [-0.25, -0.2) is 9.65 Å². The molecule has 2 aliphatic rings. The molecule has 2 aliphatic heterocycles. The second-order valence-electron chi connectivity index (χ2n) is 10.1. The first-order valence-corrected chi connectivity index (χ1v) is 15.4. The van der Waals surface area contributed by atoms with Crippen LogP contribution in [-0.4, -0.2) is 84.7 Å². The summed E-state index contributed by atoms with van der Waals surface area (Å²) in [6.07, 6.45) is 2.25. The molecule has 0 aliphatic carbocycles. The number of benzene rings is 1. The summed E-state index contributed by atoms with van der Waals surface area (Å²) in [5, 5.41) is 5.54. The topological polar surface area (TPSA) is 127 Å². The van der Waals surface area contributed by atoms with E-state index in [1.54, 1.807) is 4.90 Å². The van der Waals surface area contributed by atoms with Crippen LogP contribution < -0.4 is 10.4 Å². The Morgan fingerprint density at radius 3 is 2.46 bits per heavy atom. The molecule has 218 valence electrons. The average molecular weight is 567 g/mol. The Bertz CT molecular complexity index is 1020. The van der Waals surface area contributed by atoms with Crippen LogP contribution in [-0.2, 0) is 39.3 Å². The third kappa shape index (κ3) is 8.11. The Hall–Kier alpha value is -2.30. The summed E-state index contributed by atoms with van der Waals surface area (Å²) >= 11 is 0. The smallest absolute Gasteiger partial charge is 0.406 e. The number of rotatable bonds is 14. The lowest BCUT2D eigenvalue weighted by atomic mass is 9.91. The van der Waals surface area contributed by atoms with Crippen molar-refractivity contribution in [3.05, 3.63) is 35.9 Å². The molecule has 2 amide bonds. The molecule has 0 saturated carbocycles. The van der Waals surface area contributed by atoms with E-state index in [-0.39, 0.29) is 25.2 Å². The lowest BCUT2D eigenvalue weighted by Gasteiger charge is -2.47. The molecule has 3 rings (SSSR count). The number of hydrogen-bond donors (Lipinski definition) is 2. The van der Waals surface area contributed by atoms with E-state index in [1.807, 2.05) is 51.1 Å². The number of hydrogen-bond acceptors (Lipinski definition) is 8. The van der Waals surface area contributed by atoms with Crippen LogP contribution in [0.1, 0.15) is 58.9 Å². The molecule has 12 heteroatoms. The van der Waals surface area contributed by atoms with Crippen molar-refractivity contribution in [2.24, 2.45) is 0 Å². The lowest BCUT2D eigenvalue weighted by Crippen LogP contribution is -2.66. The van der Waals surface area contributed by atoms with E-state index in [1.165, 1.54) is 6.92 Å². The van der Waals surface area contributed by atoms with Crippen LogP contribution in [0.5, 0.6) is 0 Å². The molecular formula is C27H43N4O7P. The number of nitrogens with zero attached hydrogens (tertiary/aromatic N) is 2. The van der Waals surface area contributed by atoms with Crippen molar-refractivity contribution in [2.45, 2.75) is 77.6 Å². The van der Waals surface area contributed by atoms with Gasteiger partial charge in [0, 0.05) is 32.7 Å². The molecule has 2 N–H and O–H groups in total. The molecule has 2 fully saturated rings. The minimum Gasteiger partial charge on any atom is -0.461 e. The van der Waals surface area contributed by atoms with Gasteiger partial charge in [-0.2, -0.15) is 0 Å². The van der Waals surface area contributed by atoms with Gasteiger partial charge in [0.2, 0.25) is 11.8 Å². The molecule has 3 unspecified atom stereocenters. The summed E-state index contributed by atoms with van der Waals surface area (Å²) in [5.41, 5.74) is 0.259. The minimum atomic E-state index is -4.00. The van der Waals surface area contributed by atoms with Gasteiger partial charge >= 0.3 is 13.7 Å². The van der Waals surface area contributed by atoms with Crippen molar-refractivity contribution in [2.75, 3.05) is 39.4 Å². The van der Waals surface area contributed by atoms with Gasteiger partial charge < -0.3 is 15.0 Å². The third-order valence-corrected chi connectivity index (χ3v) is 8.93. The van der Waals surface area contributed by atoms with Crippen LogP contribution in [0.4, 0.5) is 0 Å². The highest BCUT2D eigenvalue weighted by Crippen LogP contribution is 2.44. The number of carbonyl (C=O) groups excluding carboxylic acids is 3. The number of nitrogens with one attached hydrogen (secondary N) is 2. The number of amides is 2. The molecule has 11 nitrogen and oxygen atoms in total. The van der Waals surface area contributed by atoms with E-state index < -0.39 is 37.8 Å². The van der Waals surface area contributed by atoms with Crippen molar-refractivity contribution in [1.29, 1.82) is 0 Å². The zero-order valence-corrected chi connectivity index (χ0v) is 24.4. The number of esters is 1. The second kappa shape index (κ2) is 14.4. The Labute approximate surface area is 231 Å². The predicted molar refractivity (Wildman–Crippen MR) is 147 cm³/mol. The summed E-state index contributed by atoms with van der Waals surface area (Å²) in [6.45, 7) is 9.07. The normalized spacial score (nSPS) is 22.1. The fourth-order valence-electron chi connectivity index (χ4n) is 4.88. The van der Waals surface area contributed by atoms with Crippen LogP contribution in [0.15, 0.2) is 30.3 Å². The lowest BCUT2D eigenvalue weighted by molar-refractivity contribution is -0.151. The van der Waals surface area contributed by atoms with Crippen molar-refractivity contribution in [3.63, 3.8) is 0 Å². The van der Waals surface area contributed by atoms with Gasteiger partial charge in [0.1, 0.15) is 24.3 Å². The maximum atomic E-state index is 13.4. The molecule has 1 spiro atoms. The number of carbonyl (C=O) groups is 3. The van der Waals surface area contributed by atoms with E-state index >= 15 is 0 Å². The van der Waals surface area contributed by atoms with Crippen LogP contribution in [0.25, 0.3) is 0 Å². The van der Waals surface area contributed by atoms with Gasteiger partial charge in [-0.3, -0.25) is 28.3 Å². The van der Waals surface area contributed by atoms with Gasteiger partial charge in [0.05, 0.1) is 6.61 Å². The summed E-state index contributed by atoms with van der Waals surface area (Å²) in [5.74, 6) is -1.06. The molecule has 0 bridgehead atoms. The van der Waals surface area contributed by atoms with E-state index in [4.69, 9.17) is 13.8 Å². The highest BCUT2D eigenvalue weighted by molar-refractivity contribution is 7.51. The van der Waals surface area contributed by atoms with Crippen LogP contribution >= 0.6 is 7.75 Å². The fraction of sp³-hybridized carbons (Fsp3) is 0.667. The molecule has 0 aromatic heterocycles. The monoisotopic (exact) mass is 566 g/mol. The highest BCUT2D eigenvalue weighted by atomic mass is 31.2. The third-order valence-electron chi connectivity index (χ3n) is 7.24. The second-order valence-corrected chi connectivity index (χ2v) is 11.9. The predicted octanol–water partition coefficient (Wildman–Crippen LogP) is 2.85. The Morgan fingerprint density at radius 2 is 1.85 bits per heavy atom. The molecule has 0 radical (unpaired) electrons. The molecule has 2 saturated heterocycles. The summed E-state index contributed by atoms with van der Waals surface area (Å²) < 4.78 is 29.9. The first kappa shape index (κ1) is 31.2. The largest absolute Gasteiger partial charge is 0.461 e. The molecular weight excluding hydrogens is 523 g/mol. The Balaban J connectivity index is 1.64. The fourth-order valence-corrected chi connectivity index (χ4v) is 6.38. The van der Waals surface area contributed by atoms with Crippen molar-refractivity contribution in [3.8, 4) is 0 Å². The quantitative estimate of drug-likeness (QED) is 0.258. The highest BCUT2D eigenvalue weighted by Gasteiger charge is 2.51. The first-order valence-electron chi connectivity index (χ1n) is 13.9. The van der Waals surface area contributed by atoms with E-state index in [0.29, 0.717) is 51.9 Å². The average Bonchev–Trinajstić information content (AvgIpc) is 3.30. The SMILES string of the molecule is CCCOP(=O)(NC(C)C(=O)OC(CC)CC)OCC(=O)N1CCN(Cc2ccccc2)C2(CCNC2=O)C1. The van der Waals surface area contributed by atoms with Gasteiger partial charge in [-0.1, -0.05) is 51.1 Å². The zero-order valence-electron chi connectivity index (χ0n) is 23.5. The van der Waals surface area contributed by atoms with Gasteiger partial charge in [0.25, 0.3) is 0 Å². The van der Waals surface area contributed by atoms with Crippen LogP contribution in [0.2, 0.25) is 0 Å². The maximum Gasteiger partial charge on any atom is 0.406 e. The first-order chi connectivity index (χ1) is 18.7. The Morgan fingerprint density at radius 1 is 1.13 bits per heavy atom. The van der Waals surface area contributed by atoms with Gasteiger partial charge in [-0.05, 0) is 38.2 Å². The van der Waals surface area contributed by atoms with E-state index in [9.17, 15) is 18.9 Å². The minimum absolute atomic E-state index is 0.0970. The maximum absolute atomic E-state index is 13.4. The van der Waals surface area contributed by atoms with Gasteiger partial charge in [-0.15, -0.1) is 0 Å². The summed E-state index contributed by atoms with van der Waals surface area (Å²) in [6, 6.07) is 8.96. The van der Waals surface area contributed by atoms with Crippen molar-refractivity contribution < 1.29 is 32.7 Å². The summed E-state index contributed by atoms with van der Waals surface area (Å²) in [7, 11) is -4.00.